The van der Waals surface area contributed by atoms with Gasteiger partial charge in [0.15, 0.2) is 6.04 Å². The minimum Gasteiger partial charge on any atom is -0.480 e. The molecule has 0 bridgehead atoms. The van der Waals surface area contributed by atoms with E-state index in [0.29, 0.717) is 17.5 Å². The van der Waals surface area contributed by atoms with Crippen molar-refractivity contribution in [3.05, 3.63) is 144 Å². The molecule has 4 aromatic carbocycles. The van der Waals surface area contributed by atoms with E-state index in [1.54, 1.807) is 7.05 Å². The van der Waals surface area contributed by atoms with Crippen molar-refractivity contribution in [2.45, 2.75) is 57.1 Å². The Labute approximate surface area is 270 Å². The number of carboxylic acids is 1. The maximum atomic E-state index is 14.9. The van der Waals surface area contributed by atoms with Crippen LogP contribution in [0.2, 0.25) is 0 Å². The summed E-state index contributed by atoms with van der Waals surface area (Å²) in [5.74, 6) is -1.76. The average molecular weight is 620 g/mol. The number of urea groups is 1. The summed E-state index contributed by atoms with van der Waals surface area (Å²) in [6, 6.07) is 32.7. The molecule has 1 aliphatic rings. The predicted octanol–water partition coefficient (Wildman–Crippen LogP) is 5.76. The molecule has 0 saturated carbocycles. The maximum absolute atomic E-state index is 14.9. The summed E-state index contributed by atoms with van der Waals surface area (Å²) in [4.78, 5) is 46.1. The van der Waals surface area contributed by atoms with Crippen LogP contribution in [-0.4, -0.2) is 68.0 Å². The Kier molecular flexibility index (Phi) is 9.87. The molecule has 8 heteroatoms. The number of hydrogen-bond acceptors (Lipinski definition) is 4. The number of carbonyl (C=O) groups is 3. The van der Waals surface area contributed by atoms with Crippen LogP contribution in [0.15, 0.2) is 121 Å². The molecule has 3 amide bonds. The first-order valence-electron chi connectivity index (χ1n) is 15.6. The minimum atomic E-state index is -1.63. The van der Waals surface area contributed by atoms with Crippen LogP contribution in [0.5, 0.6) is 0 Å². The number of rotatable bonds is 12. The quantitative estimate of drug-likeness (QED) is 0.210. The van der Waals surface area contributed by atoms with Crippen LogP contribution in [-0.2, 0) is 28.3 Å². The van der Waals surface area contributed by atoms with Gasteiger partial charge in [0.1, 0.15) is 11.6 Å². The van der Waals surface area contributed by atoms with Gasteiger partial charge in [0.2, 0.25) is 5.91 Å². The zero-order chi connectivity index (χ0) is 32.8. The van der Waals surface area contributed by atoms with Crippen molar-refractivity contribution in [1.29, 1.82) is 0 Å². The number of amides is 3. The molecule has 1 aliphatic heterocycles. The van der Waals surface area contributed by atoms with E-state index < -0.39 is 41.6 Å². The monoisotopic (exact) mass is 619 g/mol. The molecule has 1 heterocycles. The normalized spacial score (nSPS) is 17.3. The van der Waals surface area contributed by atoms with Gasteiger partial charge in [-0.3, -0.25) is 4.79 Å². The van der Waals surface area contributed by atoms with E-state index >= 15 is 0 Å². The van der Waals surface area contributed by atoms with Crippen molar-refractivity contribution in [2.24, 2.45) is 5.92 Å². The van der Waals surface area contributed by atoms with Crippen molar-refractivity contribution < 1.29 is 24.6 Å². The van der Waals surface area contributed by atoms with E-state index in [1.165, 1.54) is 14.7 Å². The Balaban J connectivity index is 1.61. The number of aliphatic hydroxyl groups is 1. The summed E-state index contributed by atoms with van der Waals surface area (Å²) in [6.45, 7) is 4.12. The fraction of sp³-hybridized carbons (Fsp3) is 0.289. The number of aliphatic carboxylic acids is 1. The van der Waals surface area contributed by atoms with E-state index in [9.17, 15) is 24.6 Å². The molecule has 0 aliphatic carbocycles. The van der Waals surface area contributed by atoms with Gasteiger partial charge in [-0.05, 0) is 34.6 Å². The van der Waals surface area contributed by atoms with Crippen molar-refractivity contribution in [1.82, 2.24) is 14.7 Å². The zero-order valence-corrected chi connectivity index (χ0v) is 26.4. The van der Waals surface area contributed by atoms with Crippen LogP contribution in [0, 0.1) is 5.92 Å². The van der Waals surface area contributed by atoms with E-state index in [2.05, 4.69) is 0 Å². The highest BCUT2D eigenvalue weighted by Gasteiger charge is 2.55. The Morgan fingerprint density at radius 3 is 1.50 bits per heavy atom. The summed E-state index contributed by atoms with van der Waals surface area (Å²) in [5.41, 5.74) is 1.10. The first-order valence-corrected chi connectivity index (χ1v) is 15.6. The number of hydrogen-bond donors (Lipinski definition) is 2. The van der Waals surface area contributed by atoms with Gasteiger partial charge < -0.3 is 24.9 Å². The summed E-state index contributed by atoms with van der Waals surface area (Å²) in [7, 11) is 1.61. The van der Waals surface area contributed by atoms with Gasteiger partial charge in [0.05, 0.1) is 6.04 Å². The lowest BCUT2D eigenvalue weighted by atomic mass is 9.76. The third-order valence-electron chi connectivity index (χ3n) is 8.78. The molecule has 3 atom stereocenters. The molecule has 0 aromatic heterocycles. The SMILES string of the molecule is CC(C)CC(N(C)C(=O)[C@H]1[C@@H](C(=O)O)N(Cc2ccccc2)C(=O)N1Cc1ccccc1)C(O)(c1ccccc1)c1ccccc1. The second-order valence-corrected chi connectivity index (χ2v) is 12.3. The standard InChI is InChI=1S/C38H41N3O5/c1-27(2)24-32(38(46,30-20-12-6-13-21-30)31-22-14-7-15-23-31)39(3)35(42)33-34(36(43)44)41(26-29-18-10-5-11-19-29)37(45)40(33)25-28-16-8-4-9-17-28/h4-23,27,32-34,46H,24-26H2,1-3H3,(H,43,44)/t32?,33-,34+/m1/s1. The lowest BCUT2D eigenvalue weighted by Gasteiger charge is -2.44. The fourth-order valence-electron chi connectivity index (χ4n) is 6.53. The molecule has 1 saturated heterocycles. The largest absolute Gasteiger partial charge is 0.480 e. The summed E-state index contributed by atoms with van der Waals surface area (Å²) in [6.07, 6.45) is 0.410. The molecular formula is C38H41N3O5. The smallest absolute Gasteiger partial charge is 0.329 e. The molecule has 4 aromatic rings. The van der Waals surface area contributed by atoms with Crippen LogP contribution in [0.4, 0.5) is 4.79 Å². The first kappa shape index (κ1) is 32.4. The highest BCUT2D eigenvalue weighted by atomic mass is 16.4. The van der Waals surface area contributed by atoms with Crippen LogP contribution in [0.1, 0.15) is 42.5 Å². The molecule has 1 unspecified atom stereocenters. The Hall–Kier alpha value is -4.95. The lowest BCUT2D eigenvalue weighted by molar-refractivity contribution is -0.151. The van der Waals surface area contributed by atoms with E-state index in [1.807, 2.05) is 135 Å². The molecule has 8 nitrogen and oxygen atoms in total. The van der Waals surface area contributed by atoms with Crippen LogP contribution < -0.4 is 0 Å². The lowest BCUT2D eigenvalue weighted by Crippen LogP contribution is -2.59. The number of benzene rings is 4. The van der Waals surface area contributed by atoms with Crippen LogP contribution in [0.3, 0.4) is 0 Å². The van der Waals surface area contributed by atoms with Crippen LogP contribution >= 0.6 is 0 Å². The van der Waals surface area contributed by atoms with Crippen LogP contribution in [0.25, 0.3) is 0 Å². The van der Waals surface area contributed by atoms with Gasteiger partial charge in [0, 0.05) is 20.1 Å². The van der Waals surface area contributed by atoms with Gasteiger partial charge >= 0.3 is 12.0 Å². The van der Waals surface area contributed by atoms with E-state index in [0.717, 1.165) is 11.1 Å². The highest BCUT2D eigenvalue weighted by Crippen LogP contribution is 2.39. The molecule has 5 rings (SSSR count). The zero-order valence-electron chi connectivity index (χ0n) is 26.4. The molecule has 0 radical (unpaired) electrons. The Bertz CT molecular complexity index is 1580. The van der Waals surface area contributed by atoms with Gasteiger partial charge in [-0.15, -0.1) is 0 Å². The summed E-state index contributed by atoms with van der Waals surface area (Å²) in [5, 5.41) is 23.4. The second-order valence-electron chi connectivity index (χ2n) is 12.3. The molecule has 1 fully saturated rings. The summed E-state index contributed by atoms with van der Waals surface area (Å²) < 4.78 is 0. The molecule has 238 valence electrons. The molecule has 46 heavy (non-hydrogen) atoms. The van der Waals surface area contributed by atoms with E-state index in [-0.39, 0.29) is 19.0 Å². The topological polar surface area (TPSA) is 101 Å². The van der Waals surface area contributed by atoms with E-state index in [4.69, 9.17) is 0 Å². The van der Waals surface area contributed by atoms with Gasteiger partial charge in [-0.25, -0.2) is 9.59 Å². The number of nitrogens with zero attached hydrogens (tertiary/aromatic N) is 3. The predicted molar refractivity (Wildman–Crippen MR) is 176 cm³/mol. The van der Waals surface area contributed by atoms with Crippen molar-refractivity contribution in [3.63, 3.8) is 0 Å². The number of likely N-dealkylation sites (N-methyl/N-ethyl adjacent to an activating group) is 1. The maximum Gasteiger partial charge on any atom is 0.329 e. The summed E-state index contributed by atoms with van der Waals surface area (Å²) >= 11 is 0. The third kappa shape index (κ3) is 6.53. The number of carbonyl (C=O) groups excluding carboxylic acids is 2. The van der Waals surface area contributed by atoms with Crippen molar-refractivity contribution >= 4 is 17.9 Å². The molecular weight excluding hydrogens is 578 g/mol. The third-order valence-corrected chi connectivity index (χ3v) is 8.78. The Morgan fingerprint density at radius 1 is 0.717 bits per heavy atom. The second kappa shape index (κ2) is 14.0. The Morgan fingerprint density at radius 2 is 1.11 bits per heavy atom. The number of carboxylic acid groups (broad SMARTS) is 1. The highest BCUT2D eigenvalue weighted by molar-refractivity contribution is 5.98. The van der Waals surface area contributed by atoms with Gasteiger partial charge in [-0.1, -0.05) is 135 Å². The van der Waals surface area contributed by atoms with Crippen molar-refractivity contribution in [2.75, 3.05) is 7.05 Å². The molecule has 2 N–H and O–H groups in total. The van der Waals surface area contributed by atoms with Gasteiger partial charge in [-0.2, -0.15) is 0 Å². The molecule has 0 spiro atoms. The minimum absolute atomic E-state index is 0.0306. The van der Waals surface area contributed by atoms with Crippen molar-refractivity contribution in [3.8, 4) is 0 Å². The first-order chi connectivity index (χ1) is 22.1. The van der Waals surface area contributed by atoms with Gasteiger partial charge in [0.25, 0.3) is 0 Å². The average Bonchev–Trinajstić information content (AvgIpc) is 3.34. The fourth-order valence-corrected chi connectivity index (χ4v) is 6.53.